The largest absolute Gasteiger partial charge is 0.481 e. The molecule has 7 nitrogen and oxygen atoms in total. The van der Waals surface area contributed by atoms with Gasteiger partial charge in [-0.15, -0.1) is 0 Å². The summed E-state index contributed by atoms with van der Waals surface area (Å²) in [5.74, 6) is -1.91. The molecule has 0 aliphatic heterocycles. The molecule has 1 saturated carbocycles. The van der Waals surface area contributed by atoms with Gasteiger partial charge in [0.15, 0.2) is 0 Å². The minimum absolute atomic E-state index is 0.196. The van der Waals surface area contributed by atoms with Crippen molar-refractivity contribution in [1.82, 2.24) is 5.32 Å². The number of esters is 1. The van der Waals surface area contributed by atoms with Gasteiger partial charge in [0, 0.05) is 0 Å². The van der Waals surface area contributed by atoms with Crippen molar-refractivity contribution in [2.45, 2.75) is 77.0 Å². The number of hydrogen-bond acceptors (Lipinski definition) is 5. The summed E-state index contributed by atoms with van der Waals surface area (Å²) in [5.41, 5.74) is -0.731. The molecule has 0 aromatic rings. The van der Waals surface area contributed by atoms with Crippen LogP contribution in [-0.2, 0) is 19.1 Å². The maximum atomic E-state index is 12.1. The van der Waals surface area contributed by atoms with E-state index in [9.17, 15) is 14.4 Å². The number of amides is 1. The molecule has 0 spiro atoms. The van der Waals surface area contributed by atoms with Gasteiger partial charge in [-0.05, 0) is 46.5 Å². The summed E-state index contributed by atoms with van der Waals surface area (Å²) in [6.07, 6.45) is 3.07. The Morgan fingerprint density at radius 3 is 2.27 bits per heavy atom. The van der Waals surface area contributed by atoms with E-state index >= 15 is 0 Å². The van der Waals surface area contributed by atoms with E-state index in [1.807, 2.05) is 0 Å². The Morgan fingerprint density at radius 1 is 1.18 bits per heavy atom. The number of ether oxygens (including phenoxy) is 2. The Kier molecular flexibility index (Phi) is 6.64. The maximum absolute atomic E-state index is 12.1. The molecule has 2 N–H and O–H groups in total. The van der Waals surface area contributed by atoms with Crippen LogP contribution in [0.3, 0.4) is 0 Å². The fraction of sp³-hybridized carbons (Fsp3) is 0.800. The van der Waals surface area contributed by atoms with Crippen LogP contribution in [0.2, 0.25) is 0 Å². The quantitative estimate of drug-likeness (QED) is 0.754. The first-order valence-corrected chi connectivity index (χ1v) is 7.59. The van der Waals surface area contributed by atoms with Crippen molar-refractivity contribution in [3.63, 3.8) is 0 Å². The van der Waals surface area contributed by atoms with Gasteiger partial charge >= 0.3 is 18.0 Å². The van der Waals surface area contributed by atoms with E-state index in [0.29, 0.717) is 0 Å². The number of hydrogen-bond donors (Lipinski definition) is 2. The fourth-order valence-electron chi connectivity index (χ4n) is 2.25. The lowest BCUT2D eigenvalue weighted by Crippen LogP contribution is -2.46. The third kappa shape index (κ3) is 7.28. The number of carboxylic acid groups (broad SMARTS) is 1. The zero-order valence-corrected chi connectivity index (χ0v) is 13.4. The summed E-state index contributed by atoms with van der Waals surface area (Å²) in [5, 5.41) is 11.2. The molecule has 0 heterocycles. The van der Waals surface area contributed by atoms with Gasteiger partial charge in [0.25, 0.3) is 0 Å². The first-order chi connectivity index (χ1) is 10.2. The summed E-state index contributed by atoms with van der Waals surface area (Å²) in [6, 6.07) is -1.24. The maximum Gasteiger partial charge on any atom is 0.408 e. The summed E-state index contributed by atoms with van der Waals surface area (Å²) >= 11 is 0. The number of nitrogens with one attached hydrogen (secondary N) is 1. The van der Waals surface area contributed by atoms with Crippen LogP contribution >= 0.6 is 0 Å². The van der Waals surface area contributed by atoms with Gasteiger partial charge in [0.05, 0.1) is 6.42 Å². The molecule has 1 atom stereocenters. The number of rotatable bonds is 5. The van der Waals surface area contributed by atoms with Crippen molar-refractivity contribution in [3.8, 4) is 0 Å². The number of carboxylic acids is 1. The van der Waals surface area contributed by atoms with Crippen molar-refractivity contribution < 1.29 is 29.0 Å². The van der Waals surface area contributed by atoms with Crippen molar-refractivity contribution in [1.29, 1.82) is 0 Å². The molecule has 22 heavy (non-hydrogen) atoms. The van der Waals surface area contributed by atoms with Crippen molar-refractivity contribution in [2.75, 3.05) is 0 Å². The predicted molar refractivity (Wildman–Crippen MR) is 78.4 cm³/mol. The van der Waals surface area contributed by atoms with E-state index in [1.165, 1.54) is 0 Å². The Balaban J connectivity index is 2.59. The standard InChI is InChI=1S/C15H25NO6/c1-15(2,3)22-14(20)16-11(9-12(17)18)13(19)21-10-7-5-4-6-8-10/h10-11H,4-9H2,1-3H3,(H,16,20)(H,17,18). The third-order valence-electron chi connectivity index (χ3n) is 3.19. The molecule has 0 bridgehead atoms. The van der Waals surface area contributed by atoms with Crippen LogP contribution in [0.4, 0.5) is 4.79 Å². The lowest BCUT2D eigenvalue weighted by Gasteiger charge is -2.25. The van der Waals surface area contributed by atoms with E-state index in [4.69, 9.17) is 14.6 Å². The molecular formula is C15H25NO6. The van der Waals surface area contributed by atoms with Gasteiger partial charge in [-0.2, -0.15) is 0 Å². The Bertz CT molecular complexity index is 409. The van der Waals surface area contributed by atoms with Gasteiger partial charge in [-0.3, -0.25) is 4.79 Å². The summed E-state index contributed by atoms with van der Waals surface area (Å²) in [7, 11) is 0. The SMILES string of the molecule is CC(C)(C)OC(=O)NC(CC(=O)O)C(=O)OC1CCCCC1. The molecule has 7 heteroatoms. The lowest BCUT2D eigenvalue weighted by atomic mass is 9.98. The first kappa shape index (κ1) is 18.3. The third-order valence-corrected chi connectivity index (χ3v) is 3.19. The van der Waals surface area contributed by atoms with Gasteiger partial charge in [-0.25, -0.2) is 9.59 Å². The van der Waals surface area contributed by atoms with Crippen molar-refractivity contribution in [3.05, 3.63) is 0 Å². The number of aliphatic carboxylic acids is 1. The molecule has 1 amide bonds. The van der Waals surface area contributed by atoms with Gasteiger partial charge < -0.3 is 19.9 Å². The van der Waals surface area contributed by atoms with E-state index in [-0.39, 0.29) is 6.10 Å². The zero-order valence-electron chi connectivity index (χ0n) is 13.4. The number of carbonyl (C=O) groups excluding carboxylic acids is 2. The molecule has 1 aliphatic rings. The molecular weight excluding hydrogens is 290 g/mol. The van der Waals surface area contributed by atoms with Crippen molar-refractivity contribution in [2.24, 2.45) is 0 Å². The molecule has 0 radical (unpaired) electrons. The smallest absolute Gasteiger partial charge is 0.408 e. The normalized spacial score (nSPS) is 17.4. The highest BCUT2D eigenvalue weighted by atomic mass is 16.6. The summed E-state index contributed by atoms with van der Waals surface area (Å²) in [6.45, 7) is 5.04. The monoisotopic (exact) mass is 315 g/mol. The zero-order chi connectivity index (χ0) is 16.8. The van der Waals surface area contributed by atoms with Gasteiger partial charge in [0.2, 0.25) is 0 Å². The van der Waals surface area contributed by atoms with Crippen LogP contribution in [-0.4, -0.2) is 40.9 Å². The summed E-state index contributed by atoms with van der Waals surface area (Å²) < 4.78 is 10.4. The van der Waals surface area contributed by atoms with E-state index in [1.54, 1.807) is 20.8 Å². The Labute approximate surface area is 130 Å². The Hall–Kier alpha value is -1.79. The molecule has 0 saturated heterocycles. The second-order valence-electron chi connectivity index (χ2n) is 6.49. The molecule has 1 aliphatic carbocycles. The average Bonchev–Trinajstić information content (AvgIpc) is 2.36. The van der Waals surface area contributed by atoms with Crippen LogP contribution in [0.5, 0.6) is 0 Å². The number of alkyl carbamates (subject to hydrolysis) is 1. The van der Waals surface area contributed by atoms with E-state index in [0.717, 1.165) is 32.1 Å². The highest BCUT2D eigenvalue weighted by Crippen LogP contribution is 2.21. The molecule has 1 fully saturated rings. The molecule has 126 valence electrons. The highest BCUT2D eigenvalue weighted by Gasteiger charge is 2.29. The van der Waals surface area contributed by atoms with Crippen LogP contribution in [0, 0.1) is 0 Å². The van der Waals surface area contributed by atoms with E-state index in [2.05, 4.69) is 5.32 Å². The van der Waals surface area contributed by atoms with Crippen LogP contribution in [0.1, 0.15) is 59.3 Å². The average molecular weight is 315 g/mol. The van der Waals surface area contributed by atoms with Gasteiger partial charge in [-0.1, -0.05) is 6.42 Å². The van der Waals surface area contributed by atoms with Crippen LogP contribution < -0.4 is 5.32 Å². The van der Waals surface area contributed by atoms with Gasteiger partial charge in [0.1, 0.15) is 17.7 Å². The molecule has 1 unspecified atom stereocenters. The number of carbonyl (C=O) groups is 3. The molecule has 0 aromatic carbocycles. The Morgan fingerprint density at radius 2 is 1.77 bits per heavy atom. The predicted octanol–water partition coefficient (Wildman–Crippen LogP) is 2.23. The molecule has 0 aromatic heterocycles. The second kappa shape index (κ2) is 8.00. The molecule has 1 rings (SSSR count). The summed E-state index contributed by atoms with van der Waals surface area (Å²) in [4.78, 5) is 34.7. The minimum atomic E-state index is -1.24. The second-order valence-corrected chi connectivity index (χ2v) is 6.49. The minimum Gasteiger partial charge on any atom is -0.481 e. The van der Waals surface area contributed by atoms with Crippen LogP contribution in [0.25, 0.3) is 0 Å². The van der Waals surface area contributed by atoms with Crippen molar-refractivity contribution >= 4 is 18.0 Å². The lowest BCUT2D eigenvalue weighted by molar-refractivity contribution is -0.156. The van der Waals surface area contributed by atoms with E-state index < -0.39 is 36.1 Å². The van der Waals surface area contributed by atoms with Crippen LogP contribution in [0.15, 0.2) is 0 Å². The first-order valence-electron chi connectivity index (χ1n) is 7.59. The fourth-order valence-corrected chi connectivity index (χ4v) is 2.25. The highest BCUT2D eigenvalue weighted by molar-refractivity contribution is 5.85. The topological polar surface area (TPSA) is 102 Å².